The molecule has 32 heavy (non-hydrogen) atoms. The molecule has 2 aromatic rings. The Morgan fingerprint density at radius 2 is 1.91 bits per heavy atom. The van der Waals surface area contributed by atoms with E-state index in [1.54, 1.807) is 7.05 Å². The van der Waals surface area contributed by atoms with E-state index in [-0.39, 0.29) is 54.4 Å². The van der Waals surface area contributed by atoms with Crippen LogP contribution in [-0.2, 0) is 16.1 Å². The van der Waals surface area contributed by atoms with Crippen LogP contribution < -0.4 is 10.6 Å². The summed E-state index contributed by atoms with van der Waals surface area (Å²) in [6.45, 7) is 4.10. The average Bonchev–Trinajstić information content (AvgIpc) is 3.22. The summed E-state index contributed by atoms with van der Waals surface area (Å²) in [6.07, 6.45) is 0.115. The van der Waals surface area contributed by atoms with Crippen molar-refractivity contribution in [1.29, 1.82) is 0 Å². The number of hydrogen-bond acceptors (Lipinski definition) is 4. The third-order valence-electron chi connectivity index (χ3n) is 5.69. The summed E-state index contributed by atoms with van der Waals surface area (Å²) in [5.74, 6) is 0.119. The van der Waals surface area contributed by atoms with Crippen molar-refractivity contribution in [2.45, 2.75) is 18.7 Å². The summed E-state index contributed by atoms with van der Waals surface area (Å²) in [5.41, 5.74) is 1.85. The number of nitrogens with one attached hydrogen (secondary N) is 2. The van der Waals surface area contributed by atoms with Crippen LogP contribution in [0.2, 0.25) is 0 Å². The fourth-order valence-electron chi connectivity index (χ4n) is 4.18. The number of nitrogens with zero attached hydrogens (tertiary/aromatic N) is 3. The van der Waals surface area contributed by atoms with Crippen molar-refractivity contribution >= 4 is 41.5 Å². The number of fused-ring (bicyclic) bond motifs is 1. The fourth-order valence-corrected chi connectivity index (χ4v) is 4.18. The second kappa shape index (κ2) is 11.6. The Kier molecular flexibility index (Phi) is 8.83. The summed E-state index contributed by atoms with van der Waals surface area (Å²) in [7, 11) is 1.71. The molecule has 0 saturated carbocycles. The molecule has 0 radical (unpaired) electrons. The lowest BCUT2D eigenvalue weighted by molar-refractivity contribution is -0.115. The molecule has 9 heteroatoms. The molecule has 2 atom stereocenters. The van der Waals surface area contributed by atoms with Gasteiger partial charge in [-0.25, -0.2) is 4.39 Å². The van der Waals surface area contributed by atoms with Gasteiger partial charge in [-0.2, -0.15) is 0 Å². The number of aliphatic imine (C=N–C) groups is 1. The molecule has 2 aliphatic heterocycles. The molecule has 0 aliphatic carbocycles. The average molecular weight is 553 g/mol. The van der Waals surface area contributed by atoms with Crippen molar-refractivity contribution < 1.29 is 13.9 Å². The van der Waals surface area contributed by atoms with Gasteiger partial charge in [0.2, 0.25) is 5.91 Å². The minimum absolute atomic E-state index is 0. The molecule has 2 unspecified atom stereocenters. The predicted molar refractivity (Wildman–Crippen MR) is 134 cm³/mol. The van der Waals surface area contributed by atoms with Gasteiger partial charge in [0.25, 0.3) is 0 Å². The van der Waals surface area contributed by atoms with Crippen molar-refractivity contribution in [1.82, 2.24) is 15.1 Å². The summed E-state index contributed by atoms with van der Waals surface area (Å²) in [5, 5.41) is 5.88. The molecule has 2 saturated heterocycles. The summed E-state index contributed by atoms with van der Waals surface area (Å²) >= 11 is 0. The van der Waals surface area contributed by atoms with Crippen LogP contribution in [0.5, 0.6) is 0 Å². The number of likely N-dealkylation sites (tertiary alicyclic amines) is 1. The molecule has 0 aromatic heterocycles. The van der Waals surface area contributed by atoms with Gasteiger partial charge in [-0.1, -0.05) is 30.3 Å². The fraction of sp³-hybridized carbons (Fsp3) is 0.391. The van der Waals surface area contributed by atoms with E-state index in [1.165, 1.54) is 29.8 Å². The Bertz CT molecular complexity index is 912. The highest BCUT2D eigenvalue weighted by Gasteiger charge is 2.41. The second-order valence-electron chi connectivity index (χ2n) is 7.79. The number of hydrogen-bond donors (Lipinski definition) is 2. The largest absolute Gasteiger partial charge is 0.373 e. The first-order chi connectivity index (χ1) is 15.1. The van der Waals surface area contributed by atoms with Gasteiger partial charge in [0, 0.05) is 38.9 Å². The summed E-state index contributed by atoms with van der Waals surface area (Å²) < 4.78 is 19.0. The Hall–Kier alpha value is -2.24. The monoisotopic (exact) mass is 553 g/mol. The first-order valence-corrected chi connectivity index (χ1v) is 10.5. The third-order valence-corrected chi connectivity index (χ3v) is 5.69. The predicted octanol–water partition coefficient (Wildman–Crippen LogP) is 2.54. The molecule has 2 N–H and O–H groups in total. The molecule has 2 aliphatic rings. The molecule has 172 valence electrons. The highest BCUT2D eigenvalue weighted by atomic mass is 127. The number of ether oxygens (including phenoxy) is 1. The van der Waals surface area contributed by atoms with Crippen LogP contribution in [0.25, 0.3) is 0 Å². The van der Waals surface area contributed by atoms with Crippen LogP contribution >= 0.6 is 24.0 Å². The smallest absolute Gasteiger partial charge is 0.243 e. The van der Waals surface area contributed by atoms with Crippen LogP contribution in [-0.4, -0.2) is 73.6 Å². The van der Waals surface area contributed by atoms with Crippen LogP contribution in [0.4, 0.5) is 10.1 Å². The Balaban J connectivity index is 0.00000289. The Morgan fingerprint density at radius 1 is 1.16 bits per heavy atom. The zero-order valence-corrected chi connectivity index (χ0v) is 20.4. The summed E-state index contributed by atoms with van der Waals surface area (Å²) in [4.78, 5) is 21.2. The van der Waals surface area contributed by atoms with Crippen LogP contribution in [0, 0.1) is 5.82 Å². The van der Waals surface area contributed by atoms with Crippen LogP contribution in [0.1, 0.15) is 5.56 Å². The van der Waals surface area contributed by atoms with Gasteiger partial charge in [0.1, 0.15) is 5.82 Å². The maximum atomic E-state index is 13.0. The van der Waals surface area contributed by atoms with Crippen molar-refractivity contribution in [3.63, 3.8) is 0 Å². The number of halogens is 2. The minimum atomic E-state index is -0.337. The molecule has 1 amide bonds. The lowest BCUT2D eigenvalue weighted by Gasteiger charge is -2.36. The maximum absolute atomic E-state index is 13.0. The maximum Gasteiger partial charge on any atom is 0.243 e. The lowest BCUT2D eigenvalue weighted by Crippen LogP contribution is -2.50. The van der Waals surface area contributed by atoms with E-state index < -0.39 is 0 Å². The van der Waals surface area contributed by atoms with E-state index in [2.05, 4.69) is 49.7 Å². The SMILES string of the molecule is CN=C(NCC(=O)Nc1ccc(F)cc1)N1CC2OCCN(Cc3ccccc3)C2C1.I. The molecule has 0 bridgehead atoms. The van der Waals surface area contributed by atoms with Gasteiger partial charge in [0.15, 0.2) is 5.96 Å². The van der Waals surface area contributed by atoms with Gasteiger partial charge in [-0.15, -0.1) is 24.0 Å². The molecule has 0 spiro atoms. The standard InChI is InChI=1S/C23H28FN5O2.HI/c1-25-23(26-13-22(30)27-19-9-7-18(24)8-10-19)29-15-20-21(16-29)31-12-11-28(20)14-17-5-3-2-4-6-17;/h2-10,20-21H,11-16H2,1H3,(H,25,26)(H,27,30);1H. The van der Waals surface area contributed by atoms with E-state index in [0.29, 0.717) is 18.3 Å². The van der Waals surface area contributed by atoms with Crippen LogP contribution in [0.15, 0.2) is 59.6 Å². The number of carbonyl (C=O) groups is 1. The number of anilines is 1. The van der Waals surface area contributed by atoms with E-state index >= 15 is 0 Å². The number of benzene rings is 2. The Labute approximate surface area is 205 Å². The second-order valence-corrected chi connectivity index (χ2v) is 7.79. The quantitative estimate of drug-likeness (QED) is 0.339. The topological polar surface area (TPSA) is 69.2 Å². The Morgan fingerprint density at radius 3 is 2.62 bits per heavy atom. The number of morpholine rings is 1. The van der Waals surface area contributed by atoms with Crippen molar-refractivity contribution in [3.05, 3.63) is 66.0 Å². The zero-order chi connectivity index (χ0) is 21.6. The van der Waals surface area contributed by atoms with E-state index in [0.717, 1.165) is 26.2 Å². The van der Waals surface area contributed by atoms with Gasteiger partial charge in [-0.05, 0) is 29.8 Å². The van der Waals surface area contributed by atoms with Gasteiger partial charge in [0.05, 0.1) is 25.3 Å². The minimum Gasteiger partial charge on any atom is -0.373 e. The highest BCUT2D eigenvalue weighted by Crippen LogP contribution is 2.24. The van der Waals surface area contributed by atoms with E-state index in [1.807, 2.05) is 6.07 Å². The number of carbonyl (C=O) groups excluding carboxylic acids is 1. The van der Waals surface area contributed by atoms with Gasteiger partial charge in [-0.3, -0.25) is 14.7 Å². The van der Waals surface area contributed by atoms with Crippen molar-refractivity contribution in [3.8, 4) is 0 Å². The van der Waals surface area contributed by atoms with Crippen molar-refractivity contribution in [2.24, 2.45) is 4.99 Å². The van der Waals surface area contributed by atoms with Crippen LogP contribution in [0.3, 0.4) is 0 Å². The molecular formula is C23H29FIN5O2. The van der Waals surface area contributed by atoms with Gasteiger partial charge < -0.3 is 20.3 Å². The van der Waals surface area contributed by atoms with E-state index in [9.17, 15) is 9.18 Å². The highest BCUT2D eigenvalue weighted by molar-refractivity contribution is 14.0. The molecule has 2 aromatic carbocycles. The molecule has 2 fully saturated rings. The van der Waals surface area contributed by atoms with E-state index in [4.69, 9.17) is 4.74 Å². The molecule has 2 heterocycles. The normalized spacial score (nSPS) is 20.9. The van der Waals surface area contributed by atoms with Gasteiger partial charge >= 0.3 is 0 Å². The number of amides is 1. The first-order valence-electron chi connectivity index (χ1n) is 10.5. The molecular weight excluding hydrogens is 524 g/mol. The molecule has 4 rings (SSSR count). The number of rotatable bonds is 5. The zero-order valence-electron chi connectivity index (χ0n) is 18.0. The lowest BCUT2D eigenvalue weighted by atomic mass is 10.1. The molecule has 7 nitrogen and oxygen atoms in total. The van der Waals surface area contributed by atoms with Crippen molar-refractivity contribution in [2.75, 3.05) is 45.2 Å². The first kappa shape index (κ1) is 24.4. The summed E-state index contributed by atoms with van der Waals surface area (Å²) in [6, 6.07) is 16.4. The number of guanidine groups is 1. The third kappa shape index (κ3) is 6.17.